The lowest BCUT2D eigenvalue weighted by molar-refractivity contribution is -0.126. The zero-order valence-corrected chi connectivity index (χ0v) is 15.4. The number of halogens is 1. The van der Waals surface area contributed by atoms with E-state index in [-0.39, 0.29) is 18.2 Å². The molecule has 26 heavy (non-hydrogen) atoms. The van der Waals surface area contributed by atoms with Crippen molar-refractivity contribution in [2.45, 2.75) is 45.4 Å². The Bertz CT molecular complexity index is 815. The second-order valence-electron chi connectivity index (χ2n) is 6.32. The summed E-state index contributed by atoms with van der Waals surface area (Å²) >= 11 is 6.03. The highest BCUT2D eigenvalue weighted by atomic mass is 35.5. The van der Waals surface area contributed by atoms with Gasteiger partial charge in [-0.25, -0.2) is 9.48 Å². The third kappa shape index (κ3) is 4.74. The van der Waals surface area contributed by atoms with Gasteiger partial charge in [-0.1, -0.05) is 29.8 Å². The number of hydrogen-bond donors (Lipinski definition) is 1. The highest BCUT2D eigenvalue weighted by Gasteiger charge is 2.16. The van der Waals surface area contributed by atoms with E-state index in [0.29, 0.717) is 31.1 Å². The number of amides is 1. The van der Waals surface area contributed by atoms with Gasteiger partial charge in [0.05, 0.1) is 6.61 Å². The summed E-state index contributed by atoms with van der Waals surface area (Å²) in [5.74, 6) is 0.687. The third-order valence-corrected chi connectivity index (χ3v) is 4.72. The maximum Gasteiger partial charge on any atom is 0.345 e. The summed E-state index contributed by atoms with van der Waals surface area (Å²) in [6.07, 6.45) is 3.62. The largest absolute Gasteiger partial charge is 0.367 e. The summed E-state index contributed by atoms with van der Waals surface area (Å²) < 4.78 is 8.64. The second-order valence-corrected chi connectivity index (χ2v) is 6.73. The lowest BCUT2D eigenvalue weighted by atomic mass is 10.2. The molecule has 0 spiro atoms. The van der Waals surface area contributed by atoms with Gasteiger partial charge in [-0.3, -0.25) is 9.36 Å². The van der Waals surface area contributed by atoms with Crippen LogP contribution < -0.4 is 11.0 Å². The van der Waals surface area contributed by atoms with Gasteiger partial charge in [-0.05, 0) is 30.9 Å². The molecule has 1 aromatic heterocycles. The summed E-state index contributed by atoms with van der Waals surface area (Å²) in [5.41, 5.74) is 0.805. The number of nitrogens with one attached hydrogen (secondary N) is 1. The number of aryl methyl sites for hydroxylation is 2. The normalized spacial score (nSPS) is 13.4. The van der Waals surface area contributed by atoms with E-state index < -0.39 is 0 Å². The van der Waals surface area contributed by atoms with Gasteiger partial charge in [0.1, 0.15) is 12.4 Å². The van der Waals surface area contributed by atoms with E-state index in [9.17, 15) is 9.59 Å². The number of benzene rings is 1. The fourth-order valence-electron chi connectivity index (χ4n) is 2.97. The molecule has 2 aromatic rings. The van der Waals surface area contributed by atoms with E-state index in [4.69, 9.17) is 16.3 Å². The summed E-state index contributed by atoms with van der Waals surface area (Å²) in [4.78, 5) is 24.0. The van der Waals surface area contributed by atoms with Crippen molar-refractivity contribution in [3.05, 3.63) is 51.2 Å². The maximum absolute atomic E-state index is 12.2. The summed E-state index contributed by atoms with van der Waals surface area (Å²) in [5, 5.41) is 7.79. The molecular weight excluding hydrogens is 356 g/mol. The Morgan fingerprint density at radius 3 is 2.96 bits per heavy atom. The molecule has 0 atom stereocenters. The van der Waals surface area contributed by atoms with Crippen molar-refractivity contribution in [2.75, 3.05) is 13.2 Å². The van der Waals surface area contributed by atoms with E-state index in [1.54, 1.807) is 10.6 Å². The Morgan fingerprint density at radius 1 is 1.31 bits per heavy atom. The molecule has 140 valence electrons. The Labute approximate surface area is 156 Å². The number of nitrogens with zero attached hydrogens (tertiary/aromatic N) is 3. The van der Waals surface area contributed by atoms with Gasteiger partial charge in [0.2, 0.25) is 5.91 Å². The number of hydrogen-bond acceptors (Lipinski definition) is 4. The first-order valence-corrected chi connectivity index (χ1v) is 9.27. The van der Waals surface area contributed by atoms with Crippen molar-refractivity contribution in [1.29, 1.82) is 0 Å². The van der Waals surface area contributed by atoms with E-state index >= 15 is 0 Å². The predicted octanol–water partition coefficient (Wildman–Crippen LogP) is 1.76. The quantitative estimate of drug-likeness (QED) is 0.710. The molecule has 0 saturated carbocycles. The van der Waals surface area contributed by atoms with Crippen LogP contribution in [0.2, 0.25) is 5.02 Å². The SMILES string of the molecule is O=C(COCc1ccccc1Cl)NCCCn1nc2n(c1=O)CCCC2. The first-order chi connectivity index (χ1) is 12.6. The smallest absolute Gasteiger partial charge is 0.345 e. The van der Waals surface area contributed by atoms with Crippen LogP contribution in [0.1, 0.15) is 30.7 Å². The monoisotopic (exact) mass is 378 g/mol. The number of carbonyl (C=O) groups excluding carboxylic acids is 1. The molecule has 7 nitrogen and oxygen atoms in total. The van der Waals surface area contributed by atoms with E-state index in [1.807, 2.05) is 18.2 Å². The standard InChI is InChI=1S/C18H23ClN4O3/c19-15-7-2-1-6-14(15)12-26-13-17(24)20-9-5-11-23-18(25)22-10-4-3-8-16(22)21-23/h1-2,6-7H,3-5,8-13H2,(H,20,24). The van der Waals surface area contributed by atoms with Crippen LogP contribution in [0.3, 0.4) is 0 Å². The molecule has 0 unspecified atom stereocenters. The van der Waals surface area contributed by atoms with Gasteiger partial charge in [0, 0.05) is 31.1 Å². The Morgan fingerprint density at radius 2 is 2.15 bits per heavy atom. The van der Waals surface area contributed by atoms with Gasteiger partial charge in [-0.2, -0.15) is 5.10 Å². The molecule has 1 aliphatic heterocycles. The van der Waals surface area contributed by atoms with Gasteiger partial charge >= 0.3 is 5.69 Å². The van der Waals surface area contributed by atoms with Crippen molar-refractivity contribution in [2.24, 2.45) is 0 Å². The summed E-state index contributed by atoms with van der Waals surface area (Å²) in [6.45, 7) is 2.00. The highest BCUT2D eigenvalue weighted by molar-refractivity contribution is 6.31. The molecule has 8 heteroatoms. The van der Waals surface area contributed by atoms with Crippen molar-refractivity contribution in [1.82, 2.24) is 19.7 Å². The molecule has 0 saturated heterocycles. The Hall–Kier alpha value is -2.12. The molecule has 1 aliphatic rings. The van der Waals surface area contributed by atoms with Crippen LogP contribution in [0.5, 0.6) is 0 Å². The van der Waals surface area contributed by atoms with Crippen LogP contribution in [0, 0.1) is 0 Å². The van der Waals surface area contributed by atoms with Crippen molar-refractivity contribution in [3.8, 4) is 0 Å². The molecule has 1 aromatic carbocycles. The zero-order valence-electron chi connectivity index (χ0n) is 14.6. The molecule has 0 radical (unpaired) electrons. The van der Waals surface area contributed by atoms with Gasteiger partial charge in [0.25, 0.3) is 0 Å². The van der Waals surface area contributed by atoms with Gasteiger partial charge in [0.15, 0.2) is 0 Å². The minimum atomic E-state index is -0.187. The van der Waals surface area contributed by atoms with Crippen LogP contribution in [-0.2, 0) is 35.6 Å². The van der Waals surface area contributed by atoms with Crippen molar-refractivity contribution >= 4 is 17.5 Å². The van der Waals surface area contributed by atoms with Gasteiger partial charge < -0.3 is 10.1 Å². The van der Waals surface area contributed by atoms with Crippen LogP contribution >= 0.6 is 11.6 Å². The average Bonchev–Trinajstić information content (AvgIpc) is 2.97. The van der Waals surface area contributed by atoms with Crippen molar-refractivity contribution < 1.29 is 9.53 Å². The Balaban J connectivity index is 1.35. The second kappa shape index (κ2) is 9.00. The predicted molar refractivity (Wildman–Crippen MR) is 98.2 cm³/mol. The van der Waals surface area contributed by atoms with Gasteiger partial charge in [-0.15, -0.1) is 0 Å². The molecule has 0 bridgehead atoms. The minimum Gasteiger partial charge on any atom is -0.367 e. The van der Waals surface area contributed by atoms with Crippen LogP contribution in [0.25, 0.3) is 0 Å². The van der Waals surface area contributed by atoms with Crippen LogP contribution in [0.4, 0.5) is 0 Å². The highest BCUT2D eigenvalue weighted by Crippen LogP contribution is 2.15. The lowest BCUT2D eigenvalue weighted by Gasteiger charge is -2.09. The zero-order chi connectivity index (χ0) is 18.4. The fraction of sp³-hybridized carbons (Fsp3) is 0.500. The number of ether oxygens (including phenoxy) is 1. The molecule has 2 heterocycles. The average molecular weight is 379 g/mol. The van der Waals surface area contributed by atoms with E-state index in [1.165, 1.54) is 4.68 Å². The third-order valence-electron chi connectivity index (χ3n) is 4.35. The molecule has 3 rings (SSSR count). The molecule has 1 amide bonds. The Kier molecular flexibility index (Phi) is 6.46. The minimum absolute atomic E-state index is 0.0239. The molecule has 0 aliphatic carbocycles. The van der Waals surface area contributed by atoms with E-state index in [0.717, 1.165) is 37.2 Å². The first-order valence-electron chi connectivity index (χ1n) is 8.89. The molecular formula is C18H23ClN4O3. The summed E-state index contributed by atoms with van der Waals surface area (Å²) in [6, 6.07) is 7.37. The first kappa shape index (κ1) is 18.7. The number of fused-ring (bicyclic) bond motifs is 1. The fourth-order valence-corrected chi connectivity index (χ4v) is 3.16. The maximum atomic E-state index is 12.2. The molecule has 0 fully saturated rings. The number of rotatable bonds is 8. The lowest BCUT2D eigenvalue weighted by Crippen LogP contribution is -2.31. The number of carbonyl (C=O) groups is 1. The molecule has 1 N–H and O–H groups in total. The summed E-state index contributed by atoms with van der Waals surface area (Å²) in [7, 11) is 0. The van der Waals surface area contributed by atoms with Crippen molar-refractivity contribution in [3.63, 3.8) is 0 Å². The van der Waals surface area contributed by atoms with Crippen LogP contribution in [0.15, 0.2) is 29.1 Å². The van der Waals surface area contributed by atoms with Crippen LogP contribution in [-0.4, -0.2) is 33.4 Å². The van der Waals surface area contributed by atoms with E-state index in [2.05, 4.69) is 10.4 Å². The topological polar surface area (TPSA) is 78.2 Å². The number of aromatic nitrogens is 3.